The molecule has 6 heteroatoms. The first-order chi connectivity index (χ1) is 13.1. The Hall–Kier alpha value is -2.34. The molecule has 0 radical (unpaired) electrons. The Balaban J connectivity index is 1.70. The Morgan fingerprint density at radius 1 is 1.04 bits per heavy atom. The van der Waals surface area contributed by atoms with Crippen LogP contribution in [0, 0.1) is 5.92 Å². The average Bonchev–Trinajstić information content (AvgIpc) is 2.69. The summed E-state index contributed by atoms with van der Waals surface area (Å²) in [6.45, 7) is 0. The van der Waals surface area contributed by atoms with E-state index < -0.39 is 0 Å². The van der Waals surface area contributed by atoms with Crippen LogP contribution in [0.5, 0.6) is 5.75 Å². The van der Waals surface area contributed by atoms with Gasteiger partial charge in [-0.2, -0.15) is 0 Å². The topological polar surface area (TPSA) is 67.4 Å². The van der Waals surface area contributed by atoms with Crippen molar-refractivity contribution in [3.8, 4) is 5.75 Å². The molecule has 27 heavy (non-hydrogen) atoms. The van der Waals surface area contributed by atoms with E-state index in [1.807, 2.05) is 6.07 Å². The lowest BCUT2D eigenvalue weighted by Gasteiger charge is -2.20. The Kier molecular flexibility index (Phi) is 6.50. The molecule has 0 bridgehead atoms. The number of hydrogen-bond acceptors (Lipinski definition) is 3. The van der Waals surface area contributed by atoms with Crippen molar-refractivity contribution in [2.75, 3.05) is 17.7 Å². The van der Waals surface area contributed by atoms with Crippen LogP contribution in [0.1, 0.15) is 42.5 Å². The van der Waals surface area contributed by atoms with E-state index in [-0.39, 0.29) is 17.7 Å². The number of amides is 2. The Morgan fingerprint density at radius 2 is 1.81 bits per heavy atom. The van der Waals surface area contributed by atoms with Gasteiger partial charge in [-0.3, -0.25) is 9.59 Å². The van der Waals surface area contributed by atoms with Crippen molar-refractivity contribution in [1.29, 1.82) is 0 Å². The van der Waals surface area contributed by atoms with Gasteiger partial charge in [-0.05, 0) is 49.2 Å². The van der Waals surface area contributed by atoms with Gasteiger partial charge in [-0.25, -0.2) is 0 Å². The molecule has 3 rings (SSSR count). The number of ether oxygens (including phenoxy) is 1. The molecule has 0 heterocycles. The van der Waals surface area contributed by atoms with E-state index in [0.29, 0.717) is 22.7 Å². The fraction of sp³-hybridized carbons (Fsp3) is 0.333. The molecule has 1 aliphatic rings. The van der Waals surface area contributed by atoms with Crippen molar-refractivity contribution in [1.82, 2.24) is 0 Å². The third kappa shape index (κ3) is 5.10. The van der Waals surface area contributed by atoms with E-state index in [0.717, 1.165) is 30.2 Å². The largest absolute Gasteiger partial charge is 0.495 e. The molecule has 0 saturated heterocycles. The number of nitrogens with one attached hydrogen (secondary N) is 2. The number of hydrogen-bond donors (Lipinski definition) is 2. The zero-order valence-corrected chi connectivity index (χ0v) is 16.8. The van der Waals surface area contributed by atoms with E-state index >= 15 is 0 Å². The zero-order valence-electron chi connectivity index (χ0n) is 15.3. The molecule has 0 spiro atoms. The van der Waals surface area contributed by atoms with Crippen LogP contribution >= 0.6 is 15.9 Å². The maximum atomic E-state index is 12.6. The van der Waals surface area contributed by atoms with Crippen LogP contribution in [0.25, 0.3) is 0 Å². The molecule has 0 aromatic heterocycles. The third-order valence-electron chi connectivity index (χ3n) is 4.78. The number of anilines is 2. The Morgan fingerprint density at radius 3 is 2.56 bits per heavy atom. The van der Waals surface area contributed by atoms with E-state index in [2.05, 4.69) is 26.6 Å². The van der Waals surface area contributed by atoms with Crippen molar-refractivity contribution >= 4 is 39.1 Å². The highest BCUT2D eigenvalue weighted by Crippen LogP contribution is 2.29. The van der Waals surface area contributed by atoms with Crippen LogP contribution in [0.2, 0.25) is 0 Å². The Labute approximate surface area is 167 Å². The molecule has 2 amide bonds. The fourth-order valence-electron chi connectivity index (χ4n) is 3.32. The second-order valence-electron chi connectivity index (χ2n) is 6.70. The van der Waals surface area contributed by atoms with Gasteiger partial charge in [0.1, 0.15) is 5.75 Å². The first-order valence-corrected chi connectivity index (χ1v) is 9.92. The molecule has 1 fully saturated rings. The summed E-state index contributed by atoms with van der Waals surface area (Å²) in [4.78, 5) is 25.1. The number of carbonyl (C=O) groups excluding carboxylic acids is 2. The minimum Gasteiger partial charge on any atom is -0.495 e. The standard InChI is InChI=1S/C21H23BrN2O3/c1-27-19-11-10-16(22)13-18(19)24-21(26)15-8-5-9-17(12-15)23-20(25)14-6-3-2-4-7-14/h5,8-14H,2-4,6-7H2,1H3,(H,23,25)(H,24,26). The zero-order chi connectivity index (χ0) is 19.2. The quantitative estimate of drug-likeness (QED) is 0.682. The van der Waals surface area contributed by atoms with Crippen LogP contribution in [0.4, 0.5) is 11.4 Å². The number of methoxy groups -OCH3 is 1. The molecule has 0 unspecified atom stereocenters. The molecule has 0 aliphatic heterocycles. The lowest BCUT2D eigenvalue weighted by atomic mass is 9.88. The molecule has 0 atom stereocenters. The minimum atomic E-state index is -0.264. The van der Waals surface area contributed by atoms with Gasteiger partial charge in [0.2, 0.25) is 5.91 Å². The maximum Gasteiger partial charge on any atom is 0.255 e. The number of halogens is 1. The van der Waals surface area contributed by atoms with Crippen molar-refractivity contribution in [3.05, 3.63) is 52.5 Å². The highest BCUT2D eigenvalue weighted by atomic mass is 79.9. The predicted octanol–water partition coefficient (Wildman–Crippen LogP) is 5.23. The highest BCUT2D eigenvalue weighted by Gasteiger charge is 2.21. The summed E-state index contributed by atoms with van der Waals surface area (Å²) >= 11 is 3.39. The van der Waals surface area contributed by atoms with Gasteiger partial charge in [-0.1, -0.05) is 41.3 Å². The SMILES string of the molecule is COc1ccc(Br)cc1NC(=O)c1cccc(NC(=O)C2CCCCC2)c1. The monoisotopic (exact) mass is 430 g/mol. The molecule has 2 aromatic carbocycles. The minimum absolute atomic E-state index is 0.0425. The highest BCUT2D eigenvalue weighted by molar-refractivity contribution is 9.10. The van der Waals surface area contributed by atoms with Crippen LogP contribution in [0.3, 0.4) is 0 Å². The summed E-state index contributed by atoms with van der Waals surface area (Å²) < 4.78 is 6.13. The van der Waals surface area contributed by atoms with Gasteiger partial charge < -0.3 is 15.4 Å². The summed E-state index contributed by atoms with van der Waals surface area (Å²) in [5.74, 6) is 0.427. The lowest BCUT2D eigenvalue weighted by molar-refractivity contribution is -0.120. The average molecular weight is 431 g/mol. The Bertz CT molecular complexity index is 832. The van der Waals surface area contributed by atoms with Gasteiger partial charge >= 0.3 is 0 Å². The molecular formula is C21H23BrN2O3. The van der Waals surface area contributed by atoms with Crippen molar-refractivity contribution in [3.63, 3.8) is 0 Å². The molecular weight excluding hydrogens is 408 g/mol. The number of rotatable bonds is 5. The second kappa shape index (κ2) is 9.04. The van der Waals surface area contributed by atoms with Crippen molar-refractivity contribution in [2.24, 2.45) is 5.92 Å². The van der Waals surface area contributed by atoms with Crippen LogP contribution < -0.4 is 15.4 Å². The normalized spacial score (nSPS) is 14.4. The van der Waals surface area contributed by atoms with Gasteiger partial charge in [0.25, 0.3) is 5.91 Å². The number of benzene rings is 2. The second-order valence-corrected chi connectivity index (χ2v) is 7.62. The molecule has 2 aromatic rings. The molecule has 1 saturated carbocycles. The van der Waals surface area contributed by atoms with Gasteiger partial charge in [-0.15, -0.1) is 0 Å². The maximum absolute atomic E-state index is 12.6. The molecule has 5 nitrogen and oxygen atoms in total. The van der Waals surface area contributed by atoms with Crippen LogP contribution in [0.15, 0.2) is 46.9 Å². The first-order valence-electron chi connectivity index (χ1n) is 9.12. The summed E-state index contributed by atoms with van der Waals surface area (Å²) in [7, 11) is 1.56. The van der Waals surface area contributed by atoms with Gasteiger partial charge in [0, 0.05) is 21.6 Å². The van der Waals surface area contributed by atoms with Crippen molar-refractivity contribution < 1.29 is 14.3 Å². The summed E-state index contributed by atoms with van der Waals surface area (Å²) in [6, 6.07) is 12.4. The van der Waals surface area contributed by atoms with Gasteiger partial charge in [0.05, 0.1) is 12.8 Å². The molecule has 142 valence electrons. The first kappa shape index (κ1) is 19.4. The van der Waals surface area contributed by atoms with E-state index in [1.165, 1.54) is 6.42 Å². The van der Waals surface area contributed by atoms with Gasteiger partial charge in [0.15, 0.2) is 0 Å². The third-order valence-corrected chi connectivity index (χ3v) is 5.27. The van der Waals surface area contributed by atoms with Crippen LogP contribution in [-0.2, 0) is 4.79 Å². The fourth-order valence-corrected chi connectivity index (χ4v) is 3.68. The predicted molar refractivity (Wildman–Crippen MR) is 110 cm³/mol. The van der Waals surface area contributed by atoms with Crippen molar-refractivity contribution in [2.45, 2.75) is 32.1 Å². The van der Waals surface area contributed by atoms with E-state index in [9.17, 15) is 9.59 Å². The van der Waals surface area contributed by atoms with Crippen LogP contribution in [-0.4, -0.2) is 18.9 Å². The summed E-state index contributed by atoms with van der Waals surface area (Å²) in [6.07, 6.45) is 5.30. The van der Waals surface area contributed by atoms with E-state index in [4.69, 9.17) is 4.74 Å². The number of carbonyl (C=O) groups is 2. The smallest absolute Gasteiger partial charge is 0.255 e. The summed E-state index contributed by atoms with van der Waals surface area (Å²) in [5, 5.41) is 5.81. The van der Waals surface area contributed by atoms with E-state index in [1.54, 1.807) is 43.5 Å². The molecule has 2 N–H and O–H groups in total. The summed E-state index contributed by atoms with van der Waals surface area (Å²) in [5.41, 5.74) is 1.69. The lowest BCUT2D eigenvalue weighted by Crippen LogP contribution is -2.24. The molecule has 1 aliphatic carbocycles.